The molecule has 2 bridgehead atoms. The number of ether oxygens (including phenoxy) is 2. The molecule has 190 valence electrons. The van der Waals surface area contributed by atoms with Crippen molar-refractivity contribution < 1.29 is 28.7 Å². The molecule has 6 rings (SSSR count). The smallest absolute Gasteiger partial charge is 0.316 e. The highest BCUT2D eigenvalue weighted by Gasteiger charge is 2.59. The second kappa shape index (κ2) is 8.73. The summed E-state index contributed by atoms with van der Waals surface area (Å²) in [4.78, 5) is 54.7. The lowest BCUT2D eigenvalue weighted by Gasteiger charge is -2.20. The number of fused-ring (bicyclic) bond motifs is 5. The quantitative estimate of drug-likeness (QED) is 0.257. The highest BCUT2D eigenvalue weighted by atomic mass is 35.5. The molecule has 2 saturated heterocycles. The van der Waals surface area contributed by atoms with Crippen LogP contribution in [0.1, 0.15) is 18.4 Å². The van der Waals surface area contributed by atoms with Crippen LogP contribution in [0.3, 0.4) is 0 Å². The number of imide groups is 1. The van der Waals surface area contributed by atoms with E-state index in [2.05, 4.69) is 12.2 Å². The third-order valence-corrected chi connectivity index (χ3v) is 8.22. The van der Waals surface area contributed by atoms with E-state index in [1.165, 1.54) is 16.9 Å². The van der Waals surface area contributed by atoms with Gasteiger partial charge >= 0.3 is 5.97 Å². The van der Waals surface area contributed by atoms with Crippen molar-refractivity contribution in [2.75, 3.05) is 23.5 Å². The van der Waals surface area contributed by atoms with E-state index in [0.717, 1.165) is 6.42 Å². The van der Waals surface area contributed by atoms with Gasteiger partial charge in [-0.1, -0.05) is 23.8 Å². The Morgan fingerprint density at radius 3 is 2.32 bits per heavy atom. The Bertz CT molecular complexity index is 1360. The maximum Gasteiger partial charge on any atom is 0.316 e. The first-order chi connectivity index (χ1) is 17.8. The molecular formula is C28H25ClN2O6. The maximum atomic E-state index is 13.2. The molecule has 0 radical (unpaired) electrons. The molecule has 2 aliphatic heterocycles. The van der Waals surface area contributed by atoms with Crippen molar-refractivity contribution >= 4 is 46.7 Å². The average molecular weight is 521 g/mol. The van der Waals surface area contributed by atoms with Crippen LogP contribution in [0.5, 0.6) is 11.5 Å². The van der Waals surface area contributed by atoms with Gasteiger partial charge in [-0.25, -0.2) is 4.90 Å². The first-order valence-corrected chi connectivity index (χ1v) is 12.7. The van der Waals surface area contributed by atoms with Gasteiger partial charge in [0.05, 0.1) is 36.2 Å². The number of rotatable bonds is 5. The second-order valence-electron chi connectivity index (χ2n) is 10.1. The number of carbonyl (C=O) groups excluding carboxylic acids is 4. The number of hydrogen-bond donors (Lipinski definition) is 0. The molecule has 2 aliphatic carbocycles. The molecule has 2 aromatic rings. The van der Waals surface area contributed by atoms with E-state index in [-0.39, 0.29) is 54.4 Å². The molecule has 3 amide bonds. The van der Waals surface area contributed by atoms with Crippen molar-refractivity contribution in [1.29, 1.82) is 0 Å². The zero-order valence-corrected chi connectivity index (χ0v) is 21.1. The van der Waals surface area contributed by atoms with E-state index in [4.69, 9.17) is 21.1 Å². The number of allylic oxidation sites excluding steroid dienone is 2. The average Bonchev–Trinajstić information content (AvgIpc) is 3.63. The summed E-state index contributed by atoms with van der Waals surface area (Å²) in [5.41, 5.74) is 1.67. The first kappa shape index (κ1) is 23.7. The molecule has 0 N–H and O–H groups in total. The summed E-state index contributed by atoms with van der Waals surface area (Å²) in [6, 6.07) is 9.83. The van der Waals surface area contributed by atoms with E-state index in [9.17, 15) is 19.2 Å². The Balaban J connectivity index is 1.16. The summed E-state index contributed by atoms with van der Waals surface area (Å²) in [6.07, 6.45) is 5.00. The van der Waals surface area contributed by atoms with E-state index >= 15 is 0 Å². The van der Waals surface area contributed by atoms with Gasteiger partial charge in [-0.15, -0.1) is 0 Å². The number of amides is 3. The Hall–Kier alpha value is -3.65. The van der Waals surface area contributed by atoms with Gasteiger partial charge < -0.3 is 14.4 Å². The highest BCUT2D eigenvalue weighted by Crippen LogP contribution is 2.53. The van der Waals surface area contributed by atoms with Gasteiger partial charge in [0.25, 0.3) is 0 Å². The predicted molar refractivity (Wildman–Crippen MR) is 135 cm³/mol. The summed E-state index contributed by atoms with van der Waals surface area (Å²) in [5, 5.41) is 0.452. The van der Waals surface area contributed by atoms with Gasteiger partial charge in [0.1, 0.15) is 11.5 Å². The van der Waals surface area contributed by atoms with Crippen LogP contribution in [0.15, 0.2) is 48.6 Å². The number of carbonyl (C=O) groups is 4. The number of benzene rings is 2. The number of hydrogen-bond acceptors (Lipinski definition) is 6. The van der Waals surface area contributed by atoms with Crippen LogP contribution in [0, 0.1) is 36.5 Å². The van der Waals surface area contributed by atoms with Crippen molar-refractivity contribution in [2.45, 2.75) is 19.8 Å². The minimum absolute atomic E-state index is 0.00148. The lowest BCUT2D eigenvalue weighted by molar-refractivity contribution is -0.139. The fourth-order valence-corrected chi connectivity index (χ4v) is 6.42. The molecule has 0 spiro atoms. The zero-order valence-electron chi connectivity index (χ0n) is 20.3. The molecule has 3 fully saturated rings. The van der Waals surface area contributed by atoms with Crippen molar-refractivity contribution in [3.05, 3.63) is 59.1 Å². The van der Waals surface area contributed by atoms with Gasteiger partial charge in [-0.2, -0.15) is 0 Å². The predicted octanol–water partition coefficient (Wildman–Crippen LogP) is 3.93. The van der Waals surface area contributed by atoms with Crippen LogP contribution in [0.2, 0.25) is 5.02 Å². The number of methoxy groups -OCH3 is 1. The summed E-state index contributed by atoms with van der Waals surface area (Å²) in [6.45, 7) is 1.92. The standard InChI is InChI=1S/C28H25ClN2O6/c1-14-9-19(6-7-20(14)31-26(33)24-15-3-4-16(10-15)25(24)27(31)34)37-28(35)17-11-23(32)30(13-17)21-12-18(29)5-8-22(21)36-2/h3-9,12,15-17,24-25H,10-11,13H2,1-2H3/t15-,16-,17+,24+,25+/m0/s1. The minimum Gasteiger partial charge on any atom is -0.495 e. The minimum atomic E-state index is -0.666. The van der Waals surface area contributed by atoms with E-state index in [1.807, 2.05) is 0 Å². The Labute approximate surface area is 218 Å². The monoisotopic (exact) mass is 520 g/mol. The molecule has 4 aliphatic rings. The topological polar surface area (TPSA) is 93.2 Å². The number of esters is 1. The lowest BCUT2D eigenvalue weighted by Crippen LogP contribution is -2.33. The van der Waals surface area contributed by atoms with Gasteiger partial charge in [-0.3, -0.25) is 19.2 Å². The van der Waals surface area contributed by atoms with Crippen LogP contribution >= 0.6 is 11.6 Å². The van der Waals surface area contributed by atoms with E-state index in [1.54, 1.807) is 43.3 Å². The molecule has 0 aromatic heterocycles. The fraction of sp³-hybridized carbons (Fsp3) is 0.357. The summed E-state index contributed by atoms with van der Waals surface area (Å²) in [5.74, 6) is -1.24. The van der Waals surface area contributed by atoms with Crippen LogP contribution in [0.4, 0.5) is 11.4 Å². The molecule has 2 heterocycles. The van der Waals surface area contributed by atoms with Crippen molar-refractivity contribution in [2.24, 2.45) is 29.6 Å². The lowest BCUT2D eigenvalue weighted by atomic mass is 9.85. The number of aryl methyl sites for hydroxylation is 1. The molecular weight excluding hydrogens is 496 g/mol. The summed E-state index contributed by atoms with van der Waals surface area (Å²) < 4.78 is 11.0. The number of anilines is 2. The molecule has 2 aromatic carbocycles. The van der Waals surface area contributed by atoms with E-state index < -0.39 is 11.9 Å². The van der Waals surface area contributed by atoms with Crippen molar-refractivity contribution in [3.63, 3.8) is 0 Å². The molecule has 5 atom stereocenters. The second-order valence-corrected chi connectivity index (χ2v) is 10.5. The van der Waals surface area contributed by atoms with Gasteiger partial charge in [0.15, 0.2) is 0 Å². The zero-order chi connectivity index (χ0) is 26.0. The van der Waals surface area contributed by atoms with Gasteiger partial charge in [0.2, 0.25) is 17.7 Å². The van der Waals surface area contributed by atoms with Crippen molar-refractivity contribution in [3.8, 4) is 11.5 Å². The third-order valence-electron chi connectivity index (χ3n) is 7.99. The first-order valence-electron chi connectivity index (χ1n) is 12.3. The van der Waals surface area contributed by atoms with Crippen LogP contribution in [-0.4, -0.2) is 37.3 Å². The normalized spacial score (nSPS) is 27.9. The highest BCUT2D eigenvalue weighted by molar-refractivity contribution is 6.31. The Morgan fingerprint density at radius 2 is 1.68 bits per heavy atom. The molecule has 37 heavy (non-hydrogen) atoms. The van der Waals surface area contributed by atoms with Crippen molar-refractivity contribution in [1.82, 2.24) is 0 Å². The third kappa shape index (κ3) is 3.73. The van der Waals surface area contributed by atoms with Gasteiger partial charge in [-0.05, 0) is 67.1 Å². The molecule has 9 heteroatoms. The largest absolute Gasteiger partial charge is 0.495 e. The molecule has 8 nitrogen and oxygen atoms in total. The molecule has 0 unspecified atom stereocenters. The fourth-order valence-electron chi connectivity index (χ4n) is 6.25. The van der Waals surface area contributed by atoms with Crippen LogP contribution < -0.4 is 19.3 Å². The molecule has 1 saturated carbocycles. The SMILES string of the molecule is COc1ccc(Cl)cc1N1C[C@H](C(=O)Oc2ccc(N3C(=O)[C@H]4[C@H](C3=O)[C@H]3C=C[C@H]4C3)c(C)c2)CC1=O. The Kier molecular flexibility index (Phi) is 5.60. The Morgan fingerprint density at radius 1 is 0.973 bits per heavy atom. The number of halogens is 1. The maximum absolute atomic E-state index is 13.2. The summed E-state index contributed by atoms with van der Waals surface area (Å²) >= 11 is 6.11. The van der Waals surface area contributed by atoms with Gasteiger partial charge in [0, 0.05) is 18.0 Å². The van der Waals surface area contributed by atoms with Crippen LogP contribution in [0.25, 0.3) is 0 Å². The summed E-state index contributed by atoms with van der Waals surface area (Å²) in [7, 11) is 1.50. The van der Waals surface area contributed by atoms with E-state index in [0.29, 0.717) is 33.5 Å². The number of nitrogens with zero attached hydrogens (tertiary/aromatic N) is 2. The van der Waals surface area contributed by atoms with Crippen LogP contribution in [-0.2, 0) is 19.2 Å².